The number of anilines is 2. The highest BCUT2D eigenvalue weighted by Gasteiger charge is 2.35. The van der Waals surface area contributed by atoms with Crippen molar-refractivity contribution in [3.8, 4) is 0 Å². The van der Waals surface area contributed by atoms with Crippen molar-refractivity contribution >= 4 is 50.3 Å². The van der Waals surface area contributed by atoms with E-state index in [1.54, 1.807) is 11.0 Å². The Hall–Kier alpha value is -3.60. The molecule has 33 heavy (non-hydrogen) atoms. The molecule has 0 unspecified atom stereocenters. The maximum atomic E-state index is 13.3. The second-order valence-corrected chi connectivity index (χ2v) is 9.42. The zero-order valence-corrected chi connectivity index (χ0v) is 19.3. The number of fused-ring (bicyclic) bond motifs is 1. The van der Waals surface area contributed by atoms with Crippen molar-refractivity contribution in [2.24, 2.45) is 10.2 Å². The Balaban J connectivity index is 1.56. The van der Waals surface area contributed by atoms with Gasteiger partial charge in [-0.05, 0) is 48.5 Å². The number of nitrogens with one attached hydrogen (secondary N) is 2. The fraction of sp³-hybridized carbons (Fsp3) is 0.0870. The Bertz CT molecular complexity index is 1370. The van der Waals surface area contributed by atoms with Crippen molar-refractivity contribution in [3.63, 3.8) is 0 Å². The van der Waals surface area contributed by atoms with Crippen molar-refractivity contribution in [1.82, 2.24) is 5.43 Å². The molecule has 3 aromatic carbocycles. The molecule has 10 heteroatoms. The molecule has 0 bridgehead atoms. The lowest BCUT2D eigenvalue weighted by Crippen LogP contribution is -2.32. The largest absolute Gasteiger partial charge is 0.331 e. The van der Waals surface area contributed by atoms with E-state index in [2.05, 4.69) is 15.8 Å². The van der Waals surface area contributed by atoms with Gasteiger partial charge in [-0.2, -0.15) is 5.10 Å². The number of hydrogen-bond donors (Lipinski definition) is 3. The van der Waals surface area contributed by atoms with Gasteiger partial charge in [0, 0.05) is 11.3 Å². The van der Waals surface area contributed by atoms with Gasteiger partial charge in [0.15, 0.2) is 10.8 Å². The number of benzene rings is 3. The van der Waals surface area contributed by atoms with Crippen molar-refractivity contribution < 1.29 is 13.2 Å². The number of aryl methyl sites for hydroxylation is 1. The minimum absolute atomic E-state index is 0.0476. The van der Waals surface area contributed by atoms with Crippen LogP contribution in [0.5, 0.6) is 0 Å². The number of amides is 1. The van der Waals surface area contributed by atoms with Crippen LogP contribution in [0.3, 0.4) is 0 Å². The standard InChI is InChI=1S/C23H21N5O3S2/c1-15-7-5-12-19-20(22(29)28(21(15)19)14-16-8-3-2-4-9-16)26-27-23(32)25-17-10-6-11-18(13-17)33(24,30)31/h2-13H,14H2,1H3,(H2,24,30,31)(H2,25,27,32). The second-order valence-electron chi connectivity index (χ2n) is 7.45. The maximum absolute atomic E-state index is 13.3. The predicted octanol–water partition coefficient (Wildman–Crippen LogP) is 2.88. The van der Waals surface area contributed by atoms with Crippen LogP contribution in [0.1, 0.15) is 16.7 Å². The maximum Gasteiger partial charge on any atom is 0.279 e. The van der Waals surface area contributed by atoms with Crippen LogP contribution in [-0.2, 0) is 21.4 Å². The summed E-state index contributed by atoms with van der Waals surface area (Å²) in [4.78, 5) is 14.9. The number of carbonyl (C=O) groups excluding carboxylic acids is 1. The quantitative estimate of drug-likeness (QED) is 0.383. The summed E-state index contributed by atoms with van der Waals surface area (Å²) in [5, 5.41) is 12.4. The van der Waals surface area contributed by atoms with Crippen LogP contribution in [0.2, 0.25) is 0 Å². The van der Waals surface area contributed by atoms with E-state index in [1.807, 2.05) is 55.5 Å². The number of thiocarbonyl (C=S) groups is 1. The molecule has 1 heterocycles. The van der Waals surface area contributed by atoms with Crippen molar-refractivity contribution in [3.05, 3.63) is 89.5 Å². The van der Waals surface area contributed by atoms with Gasteiger partial charge in [-0.3, -0.25) is 10.2 Å². The minimum Gasteiger partial charge on any atom is -0.331 e. The Morgan fingerprint density at radius 1 is 1.06 bits per heavy atom. The van der Waals surface area contributed by atoms with Gasteiger partial charge in [-0.25, -0.2) is 13.6 Å². The zero-order chi connectivity index (χ0) is 23.6. The lowest BCUT2D eigenvalue weighted by atomic mass is 10.1. The molecule has 1 aliphatic heterocycles. The van der Waals surface area contributed by atoms with Crippen LogP contribution in [0.25, 0.3) is 0 Å². The topological polar surface area (TPSA) is 117 Å². The molecule has 0 fully saturated rings. The van der Waals surface area contributed by atoms with E-state index in [4.69, 9.17) is 17.4 Å². The molecule has 4 rings (SSSR count). The molecular weight excluding hydrogens is 458 g/mol. The third-order valence-electron chi connectivity index (χ3n) is 5.08. The third kappa shape index (κ3) is 4.92. The normalized spacial score (nSPS) is 14.3. The number of hydrazone groups is 1. The highest BCUT2D eigenvalue weighted by molar-refractivity contribution is 7.89. The Morgan fingerprint density at radius 2 is 1.79 bits per heavy atom. The molecule has 168 valence electrons. The molecule has 1 aliphatic rings. The average molecular weight is 480 g/mol. The van der Waals surface area contributed by atoms with Crippen molar-refractivity contribution in [2.75, 3.05) is 10.2 Å². The van der Waals surface area contributed by atoms with Crippen molar-refractivity contribution in [2.45, 2.75) is 18.4 Å². The minimum atomic E-state index is -3.84. The Kier molecular flexibility index (Phi) is 6.23. The molecule has 0 spiro atoms. The fourth-order valence-electron chi connectivity index (χ4n) is 3.59. The Morgan fingerprint density at radius 3 is 2.52 bits per heavy atom. The van der Waals surface area contributed by atoms with E-state index in [-0.39, 0.29) is 21.6 Å². The van der Waals surface area contributed by atoms with E-state index in [0.717, 1.165) is 16.8 Å². The summed E-state index contributed by atoms with van der Waals surface area (Å²) in [5.74, 6) is -0.241. The first-order valence-electron chi connectivity index (χ1n) is 9.97. The smallest absolute Gasteiger partial charge is 0.279 e. The summed E-state index contributed by atoms with van der Waals surface area (Å²) in [6.45, 7) is 2.37. The van der Waals surface area contributed by atoms with Gasteiger partial charge in [-0.15, -0.1) is 0 Å². The molecule has 1 amide bonds. The molecule has 0 atom stereocenters. The van der Waals surface area contributed by atoms with Gasteiger partial charge in [0.1, 0.15) is 0 Å². The third-order valence-corrected chi connectivity index (χ3v) is 6.19. The van der Waals surface area contributed by atoms with Crippen LogP contribution in [-0.4, -0.2) is 25.1 Å². The van der Waals surface area contributed by atoms with Crippen LogP contribution in [0.4, 0.5) is 11.4 Å². The Labute approximate surface area is 197 Å². The predicted molar refractivity (Wildman–Crippen MR) is 133 cm³/mol. The van der Waals surface area contributed by atoms with E-state index >= 15 is 0 Å². The molecule has 0 saturated carbocycles. The molecule has 0 saturated heterocycles. The first-order valence-corrected chi connectivity index (χ1v) is 11.9. The van der Waals surface area contributed by atoms with Gasteiger partial charge in [0.25, 0.3) is 5.91 Å². The average Bonchev–Trinajstić information content (AvgIpc) is 3.04. The fourth-order valence-corrected chi connectivity index (χ4v) is 4.32. The number of nitrogens with two attached hydrogens (primary N) is 1. The van der Waals surface area contributed by atoms with Crippen LogP contribution < -0.4 is 20.8 Å². The number of hydrogen-bond acceptors (Lipinski definition) is 5. The zero-order valence-electron chi connectivity index (χ0n) is 17.6. The molecule has 8 nitrogen and oxygen atoms in total. The summed E-state index contributed by atoms with van der Waals surface area (Å²) in [7, 11) is -3.84. The summed E-state index contributed by atoms with van der Waals surface area (Å²) in [6, 6.07) is 21.3. The summed E-state index contributed by atoms with van der Waals surface area (Å²) < 4.78 is 23.1. The lowest BCUT2D eigenvalue weighted by Gasteiger charge is -2.18. The number of sulfonamides is 1. The van der Waals surface area contributed by atoms with Crippen LogP contribution in [0.15, 0.2) is 82.8 Å². The van der Waals surface area contributed by atoms with Gasteiger partial charge in [-0.1, -0.05) is 54.6 Å². The number of para-hydroxylation sites is 1. The molecule has 0 radical (unpaired) electrons. The first kappa shape index (κ1) is 22.6. The molecule has 4 N–H and O–H groups in total. The number of carbonyl (C=O) groups is 1. The molecular formula is C23H21N5O3S2. The second kappa shape index (κ2) is 9.10. The van der Waals surface area contributed by atoms with Crippen molar-refractivity contribution in [1.29, 1.82) is 0 Å². The summed E-state index contributed by atoms with van der Waals surface area (Å²) in [6.07, 6.45) is 0. The van der Waals surface area contributed by atoms with Gasteiger partial charge in [0.05, 0.1) is 17.1 Å². The van der Waals surface area contributed by atoms with Gasteiger partial charge >= 0.3 is 0 Å². The molecule has 3 aromatic rings. The van der Waals surface area contributed by atoms with E-state index in [9.17, 15) is 13.2 Å². The van der Waals surface area contributed by atoms with Crippen LogP contribution in [0, 0.1) is 6.92 Å². The molecule has 0 aromatic heterocycles. The van der Waals surface area contributed by atoms with E-state index in [1.165, 1.54) is 18.2 Å². The van der Waals surface area contributed by atoms with E-state index in [0.29, 0.717) is 17.8 Å². The SMILES string of the molecule is Cc1cccc2c1N(Cc1ccccc1)C(=O)C2=NNC(=S)Nc1cccc(S(N)(=O)=O)c1. The van der Waals surface area contributed by atoms with E-state index < -0.39 is 10.0 Å². The van der Waals surface area contributed by atoms with Gasteiger partial charge in [0.2, 0.25) is 10.0 Å². The number of rotatable bonds is 5. The summed E-state index contributed by atoms with van der Waals surface area (Å²) >= 11 is 5.27. The lowest BCUT2D eigenvalue weighted by molar-refractivity contribution is -0.112. The molecule has 0 aliphatic carbocycles. The monoisotopic (exact) mass is 479 g/mol. The van der Waals surface area contributed by atoms with Gasteiger partial charge < -0.3 is 10.2 Å². The number of nitrogens with zero attached hydrogens (tertiary/aromatic N) is 2. The number of primary sulfonamides is 1. The summed E-state index contributed by atoms with van der Waals surface area (Å²) in [5.41, 5.74) is 6.83. The highest BCUT2D eigenvalue weighted by atomic mass is 32.2. The first-order chi connectivity index (χ1) is 15.7. The highest BCUT2D eigenvalue weighted by Crippen LogP contribution is 2.33. The van der Waals surface area contributed by atoms with Crippen LogP contribution >= 0.6 is 12.2 Å².